The van der Waals surface area contributed by atoms with E-state index in [1.807, 2.05) is 0 Å². The summed E-state index contributed by atoms with van der Waals surface area (Å²) in [6, 6.07) is 81.8. The molecule has 0 atom stereocenters. The van der Waals surface area contributed by atoms with E-state index in [0.717, 1.165) is 29.0 Å². The number of aryl methyl sites for hydroxylation is 1. The lowest BCUT2D eigenvalue weighted by molar-refractivity contribution is 0.908. The molecule has 0 aliphatic heterocycles. The van der Waals surface area contributed by atoms with Gasteiger partial charge in [-0.2, -0.15) is 0 Å². The molecule has 61 heavy (non-hydrogen) atoms. The van der Waals surface area contributed by atoms with Gasteiger partial charge in [0.25, 0.3) is 0 Å². The Kier molecular flexibility index (Phi) is 9.17. The largest absolute Gasteiger partial charge is 0.296 e. The smallest absolute Gasteiger partial charge is 0.114 e. The van der Waals surface area contributed by atoms with Crippen LogP contribution in [0.4, 0.5) is 0 Å². The highest BCUT2D eigenvalue weighted by molar-refractivity contribution is 6.21. The molecule has 0 aliphatic carbocycles. The number of benzene rings is 10. The Morgan fingerprint density at radius 3 is 1.31 bits per heavy atom. The van der Waals surface area contributed by atoms with E-state index in [1.54, 1.807) is 0 Å². The van der Waals surface area contributed by atoms with E-state index in [0.29, 0.717) is 0 Å². The van der Waals surface area contributed by atoms with E-state index in [9.17, 15) is 0 Å². The topological polar surface area (TPSA) is 17.8 Å². The van der Waals surface area contributed by atoms with Crippen LogP contribution in [0, 0.1) is 0 Å². The van der Waals surface area contributed by atoms with Crippen LogP contribution >= 0.6 is 0 Å². The van der Waals surface area contributed by atoms with Crippen LogP contribution in [0.5, 0.6) is 0 Å². The van der Waals surface area contributed by atoms with Gasteiger partial charge in [-0.25, -0.2) is 4.98 Å². The predicted molar refractivity (Wildman–Crippen MR) is 258 cm³/mol. The van der Waals surface area contributed by atoms with Gasteiger partial charge in [0.2, 0.25) is 0 Å². The first-order chi connectivity index (χ1) is 30.2. The molecule has 0 amide bonds. The molecule has 0 saturated carbocycles. The molecule has 10 aromatic carbocycles. The van der Waals surface area contributed by atoms with Crippen molar-refractivity contribution in [2.75, 3.05) is 0 Å². The molecule has 0 radical (unpaired) electrons. The first-order valence-electron chi connectivity index (χ1n) is 21.2. The van der Waals surface area contributed by atoms with Crippen LogP contribution in [0.1, 0.15) is 12.7 Å². The SMILES string of the molecule is CCc1nc2ccccc2n1-c1cccc(-c2c3ccccc3c(-c3cccc(-c4c(-c5ccccc5)cc(-c5ccccc5)cc4-c4ccccc4)c3)c3ccccc23)c1. The molecule has 11 aromatic rings. The van der Waals surface area contributed by atoms with Crippen LogP contribution in [0.25, 0.3) is 105 Å². The third kappa shape index (κ3) is 6.41. The maximum atomic E-state index is 5.01. The second-order valence-electron chi connectivity index (χ2n) is 15.7. The van der Waals surface area contributed by atoms with Gasteiger partial charge in [-0.15, -0.1) is 0 Å². The molecular weight excluding hydrogens is 737 g/mol. The zero-order chi connectivity index (χ0) is 40.7. The highest BCUT2D eigenvalue weighted by Gasteiger charge is 2.21. The molecule has 1 heterocycles. The predicted octanol–water partition coefficient (Wildman–Crippen LogP) is 15.9. The van der Waals surface area contributed by atoms with Gasteiger partial charge < -0.3 is 0 Å². The van der Waals surface area contributed by atoms with Gasteiger partial charge in [0.15, 0.2) is 0 Å². The lowest BCUT2D eigenvalue weighted by atomic mass is 9.82. The average molecular weight is 779 g/mol. The van der Waals surface area contributed by atoms with Crippen molar-refractivity contribution in [1.29, 1.82) is 0 Å². The van der Waals surface area contributed by atoms with Crippen molar-refractivity contribution in [3.63, 3.8) is 0 Å². The maximum absolute atomic E-state index is 5.01. The number of hydrogen-bond donors (Lipinski definition) is 0. The molecule has 0 aliphatic rings. The van der Waals surface area contributed by atoms with Crippen molar-refractivity contribution in [3.05, 3.63) is 230 Å². The zero-order valence-electron chi connectivity index (χ0n) is 34.0. The molecule has 11 rings (SSSR count). The Bertz CT molecular complexity index is 3260. The van der Waals surface area contributed by atoms with Gasteiger partial charge in [0, 0.05) is 12.1 Å². The fourth-order valence-electron chi connectivity index (χ4n) is 9.42. The van der Waals surface area contributed by atoms with E-state index in [2.05, 4.69) is 236 Å². The normalized spacial score (nSPS) is 11.4. The highest BCUT2D eigenvalue weighted by Crippen LogP contribution is 2.47. The lowest BCUT2D eigenvalue weighted by Gasteiger charge is -2.21. The van der Waals surface area contributed by atoms with E-state index in [-0.39, 0.29) is 0 Å². The Labute approximate surface area is 356 Å². The maximum Gasteiger partial charge on any atom is 0.114 e. The summed E-state index contributed by atoms with van der Waals surface area (Å²) in [5.74, 6) is 1.06. The molecule has 0 bridgehead atoms. The van der Waals surface area contributed by atoms with Crippen LogP contribution in [-0.2, 0) is 6.42 Å². The molecule has 0 spiro atoms. The fraction of sp³-hybridized carbons (Fsp3) is 0.0339. The summed E-state index contributed by atoms with van der Waals surface area (Å²) in [6.07, 6.45) is 0.843. The first-order valence-corrected chi connectivity index (χ1v) is 21.2. The van der Waals surface area contributed by atoms with Crippen LogP contribution in [0.15, 0.2) is 224 Å². The third-order valence-electron chi connectivity index (χ3n) is 12.1. The third-order valence-corrected chi connectivity index (χ3v) is 12.1. The van der Waals surface area contributed by atoms with Crippen LogP contribution in [0.2, 0.25) is 0 Å². The van der Waals surface area contributed by atoms with Crippen molar-refractivity contribution in [3.8, 4) is 72.4 Å². The number of nitrogens with zero attached hydrogens (tertiary/aromatic N) is 2. The van der Waals surface area contributed by atoms with Gasteiger partial charge in [-0.3, -0.25) is 4.57 Å². The van der Waals surface area contributed by atoms with Crippen molar-refractivity contribution >= 4 is 32.6 Å². The van der Waals surface area contributed by atoms with E-state index in [4.69, 9.17) is 4.98 Å². The van der Waals surface area contributed by atoms with Crippen molar-refractivity contribution < 1.29 is 0 Å². The van der Waals surface area contributed by atoms with Crippen molar-refractivity contribution in [1.82, 2.24) is 9.55 Å². The fourth-order valence-corrected chi connectivity index (χ4v) is 9.42. The van der Waals surface area contributed by atoms with Crippen LogP contribution < -0.4 is 0 Å². The summed E-state index contributed by atoms with van der Waals surface area (Å²) in [5, 5.41) is 4.92. The Balaban J connectivity index is 1.14. The van der Waals surface area contributed by atoms with Crippen molar-refractivity contribution in [2.24, 2.45) is 0 Å². The van der Waals surface area contributed by atoms with Gasteiger partial charge >= 0.3 is 0 Å². The highest BCUT2D eigenvalue weighted by atomic mass is 15.1. The summed E-state index contributed by atoms with van der Waals surface area (Å²) in [4.78, 5) is 5.01. The minimum atomic E-state index is 0.843. The molecule has 0 N–H and O–H groups in total. The first kappa shape index (κ1) is 36.3. The minimum Gasteiger partial charge on any atom is -0.296 e. The number of rotatable bonds is 8. The Morgan fingerprint density at radius 1 is 0.344 bits per heavy atom. The number of aromatic nitrogens is 2. The van der Waals surface area contributed by atoms with Gasteiger partial charge in [0.05, 0.1) is 11.0 Å². The van der Waals surface area contributed by atoms with Crippen molar-refractivity contribution in [2.45, 2.75) is 13.3 Å². The Morgan fingerprint density at radius 2 is 0.770 bits per heavy atom. The van der Waals surface area contributed by atoms with Gasteiger partial charge in [-0.05, 0) is 131 Å². The second kappa shape index (κ2) is 15.4. The summed E-state index contributed by atoms with van der Waals surface area (Å²) in [5.41, 5.74) is 17.7. The summed E-state index contributed by atoms with van der Waals surface area (Å²) < 4.78 is 2.32. The molecular formula is C59H42N2. The van der Waals surface area contributed by atoms with Gasteiger partial charge in [0.1, 0.15) is 5.82 Å². The Hall–Kier alpha value is -7.81. The summed E-state index contributed by atoms with van der Waals surface area (Å²) in [6.45, 7) is 2.18. The molecule has 1 aromatic heterocycles. The monoisotopic (exact) mass is 778 g/mol. The van der Waals surface area contributed by atoms with Crippen LogP contribution in [0.3, 0.4) is 0 Å². The second-order valence-corrected chi connectivity index (χ2v) is 15.7. The quantitative estimate of drug-likeness (QED) is 0.141. The van der Waals surface area contributed by atoms with E-state index in [1.165, 1.54) is 88.3 Å². The molecule has 2 nitrogen and oxygen atoms in total. The zero-order valence-corrected chi connectivity index (χ0v) is 34.0. The number of hydrogen-bond acceptors (Lipinski definition) is 1. The molecule has 288 valence electrons. The van der Waals surface area contributed by atoms with Gasteiger partial charge in [-0.1, -0.05) is 189 Å². The number of imidazole rings is 1. The van der Waals surface area contributed by atoms with Crippen LogP contribution in [-0.4, -0.2) is 9.55 Å². The molecule has 2 heteroatoms. The standard InChI is InChI=1S/C59H42N2/c1-2-56-60-54-34-16-17-35-55(54)61(56)47-29-19-28-45(37-47)58-50-32-14-12-30-48(50)57(49-31-13-15-33-51(49)58)43-26-18-27-44(36-43)59-52(41-22-8-4-9-23-41)38-46(40-20-6-3-7-21-40)39-53(59)42-24-10-5-11-25-42/h3-39H,2H2,1H3. The summed E-state index contributed by atoms with van der Waals surface area (Å²) in [7, 11) is 0. The minimum absolute atomic E-state index is 0.843. The lowest BCUT2D eigenvalue weighted by Crippen LogP contribution is -2.00. The molecule has 0 saturated heterocycles. The number of para-hydroxylation sites is 2. The average Bonchev–Trinajstić information content (AvgIpc) is 3.73. The molecule has 0 fully saturated rings. The number of fused-ring (bicyclic) bond motifs is 3. The molecule has 0 unspecified atom stereocenters. The summed E-state index contributed by atoms with van der Waals surface area (Å²) >= 11 is 0. The van der Waals surface area contributed by atoms with E-state index < -0.39 is 0 Å². The van der Waals surface area contributed by atoms with E-state index >= 15 is 0 Å².